The number of hydrogen-bond acceptors (Lipinski definition) is 6. The number of anilines is 1. The molecule has 35 heavy (non-hydrogen) atoms. The minimum absolute atomic E-state index is 0. The number of aromatic nitrogens is 6. The van der Waals surface area contributed by atoms with E-state index in [2.05, 4.69) is 43.6 Å². The van der Waals surface area contributed by atoms with E-state index in [-0.39, 0.29) is 39.1 Å². The second kappa shape index (κ2) is 9.84. The minimum Gasteiger partial charge on any atom is -0.358 e. The number of para-hydroxylation sites is 1. The number of hydrogen-bond donors (Lipinski definition) is 3. The molecule has 0 spiro atoms. The molecule has 2 unspecified atom stereocenters. The third-order valence-corrected chi connectivity index (χ3v) is 6.28. The number of halogens is 1. The highest BCUT2D eigenvalue weighted by Crippen LogP contribution is 2.31. The lowest BCUT2D eigenvalue weighted by atomic mass is 9.91. The predicted octanol–water partition coefficient (Wildman–Crippen LogP) is 4.02. The van der Waals surface area contributed by atoms with Gasteiger partial charge in [0.05, 0.1) is 12.4 Å². The predicted molar refractivity (Wildman–Crippen MR) is 145 cm³/mol. The van der Waals surface area contributed by atoms with Gasteiger partial charge < -0.3 is 16.0 Å². The number of nitrogens with two attached hydrogens (primary N) is 1. The molecule has 11 heteroatoms. The third-order valence-electron chi connectivity index (χ3n) is 6.28. The zero-order valence-electron chi connectivity index (χ0n) is 19.1. The molecular formula is C24H27FN8S2. The van der Waals surface area contributed by atoms with Crippen molar-refractivity contribution in [3.63, 3.8) is 0 Å². The zero-order valence-corrected chi connectivity index (χ0v) is 21.1. The molecule has 0 amide bonds. The molecule has 1 aliphatic carbocycles. The summed E-state index contributed by atoms with van der Waals surface area (Å²) in [6.45, 7) is 1.88. The molecule has 8 nitrogen and oxygen atoms in total. The number of nitrogens with zero attached hydrogens (tertiary/aromatic N) is 5. The summed E-state index contributed by atoms with van der Waals surface area (Å²) in [5, 5.41) is 9.33. The van der Waals surface area contributed by atoms with Gasteiger partial charge in [0.1, 0.15) is 5.82 Å². The van der Waals surface area contributed by atoms with Gasteiger partial charge in [-0.25, -0.2) is 9.37 Å². The second-order valence-corrected chi connectivity index (χ2v) is 8.60. The minimum atomic E-state index is -0.439. The Bertz CT molecular complexity index is 1500. The number of rotatable bonds is 4. The van der Waals surface area contributed by atoms with E-state index < -0.39 is 5.82 Å². The maximum Gasteiger partial charge on any atom is 0.228 e. The standard InChI is InChI=1S/C24H23FN8.2H2S/c1-13(26)19-12-28-33-23(19)31-22(14-8-15(25)11-27-10-14)32-24(33)29-16-6-7-21-18(9-16)17-4-2-3-5-20(17)30-21;;/h2-5,8,10-13,16,30H,6-7,9,26H2,1H3,(H,29,31,32);2*1H2. The van der Waals surface area contributed by atoms with Gasteiger partial charge in [-0.1, -0.05) is 18.2 Å². The Balaban J connectivity index is 0.00000144. The first-order valence-corrected chi connectivity index (χ1v) is 11.0. The summed E-state index contributed by atoms with van der Waals surface area (Å²) in [6, 6.07) is 9.68. The van der Waals surface area contributed by atoms with Gasteiger partial charge in [0, 0.05) is 46.0 Å². The van der Waals surface area contributed by atoms with E-state index in [0.29, 0.717) is 23.0 Å². The lowest BCUT2D eigenvalue weighted by Crippen LogP contribution is -2.29. The summed E-state index contributed by atoms with van der Waals surface area (Å²) in [5.74, 6) is 0.494. The van der Waals surface area contributed by atoms with Crippen LogP contribution in [-0.4, -0.2) is 35.6 Å². The van der Waals surface area contributed by atoms with Gasteiger partial charge in [0.2, 0.25) is 5.95 Å². The van der Waals surface area contributed by atoms with Gasteiger partial charge >= 0.3 is 0 Å². The van der Waals surface area contributed by atoms with Crippen LogP contribution < -0.4 is 11.1 Å². The van der Waals surface area contributed by atoms with Crippen molar-refractivity contribution in [1.29, 1.82) is 0 Å². The van der Waals surface area contributed by atoms with Crippen molar-refractivity contribution in [1.82, 2.24) is 29.5 Å². The Hall–Kier alpha value is -3.15. The number of aryl methyl sites for hydroxylation is 1. The largest absolute Gasteiger partial charge is 0.358 e. The van der Waals surface area contributed by atoms with Crippen LogP contribution in [0.4, 0.5) is 10.3 Å². The van der Waals surface area contributed by atoms with Crippen molar-refractivity contribution in [2.45, 2.75) is 38.3 Å². The average Bonchev–Trinajstić information content (AvgIpc) is 3.41. The van der Waals surface area contributed by atoms with E-state index in [1.54, 1.807) is 16.9 Å². The average molecular weight is 511 g/mol. The smallest absolute Gasteiger partial charge is 0.228 e. The van der Waals surface area contributed by atoms with E-state index in [1.165, 1.54) is 28.2 Å². The van der Waals surface area contributed by atoms with Crippen molar-refractivity contribution >= 4 is 49.5 Å². The van der Waals surface area contributed by atoms with E-state index in [0.717, 1.165) is 31.0 Å². The number of benzene rings is 1. The molecule has 0 aliphatic heterocycles. The van der Waals surface area contributed by atoms with Gasteiger partial charge in [0.25, 0.3) is 0 Å². The summed E-state index contributed by atoms with van der Waals surface area (Å²) in [6.07, 6.45) is 7.19. The summed E-state index contributed by atoms with van der Waals surface area (Å²) >= 11 is 0. The molecule has 4 heterocycles. The van der Waals surface area contributed by atoms with Gasteiger partial charge in [-0.15, -0.1) is 0 Å². The van der Waals surface area contributed by atoms with Crippen LogP contribution in [0.25, 0.3) is 27.9 Å². The van der Waals surface area contributed by atoms with Crippen molar-refractivity contribution in [3.05, 3.63) is 71.6 Å². The first kappa shape index (κ1) is 25.0. The summed E-state index contributed by atoms with van der Waals surface area (Å²) in [4.78, 5) is 16.9. The fraction of sp³-hybridized carbons (Fsp3) is 0.250. The van der Waals surface area contributed by atoms with Crippen LogP contribution in [0.2, 0.25) is 0 Å². The molecule has 5 aromatic rings. The summed E-state index contributed by atoms with van der Waals surface area (Å²) in [7, 11) is 0. The van der Waals surface area contributed by atoms with E-state index in [1.807, 2.05) is 13.0 Å². The quantitative estimate of drug-likeness (QED) is 0.337. The number of fused-ring (bicyclic) bond motifs is 4. The SMILES string of the molecule is CC(N)c1cnn2c(NC3CCc4[nH]c5ccccc5c4C3)nc(-c3cncc(F)c3)nc12.S.S. The Morgan fingerprint density at radius 2 is 2.00 bits per heavy atom. The molecule has 4 aromatic heterocycles. The van der Waals surface area contributed by atoms with Crippen molar-refractivity contribution in [3.8, 4) is 11.4 Å². The molecule has 0 fully saturated rings. The molecule has 1 aromatic carbocycles. The molecule has 0 radical (unpaired) electrons. The Morgan fingerprint density at radius 1 is 1.17 bits per heavy atom. The highest BCUT2D eigenvalue weighted by molar-refractivity contribution is 7.59. The van der Waals surface area contributed by atoms with Gasteiger partial charge in [0.15, 0.2) is 11.5 Å². The van der Waals surface area contributed by atoms with Crippen LogP contribution >= 0.6 is 27.0 Å². The molecular weight excluding hydrogens is 483 g/mol. The van der Waals surface area contributed by atoms with Gasteiger partial charge in [-0.2, -0.15) is 41.6 Å². The second-order valence-electron chi connectivity index (χ2n) is 8.60. The van der Waals surface area contributed by atoms with Gasteiger partial charge in [-0.05, 0) is 43.9 Å². The zero-order chi connectivity index (χ0) is 22.5. The lowest BCUT2D eigenvalue weighted by molar-refractivity contribution is 0.599. The highest BCUT2D eigenvalue weighted by atomic mass is 32.1. The Labute approximate surface area is 215 Å². The summed E-state index contributed by atoms with van der Waals surface area (Å²) in [5.41, 5.74) is 11.9. The van der Waals surface area contributed by atoms with Crippen molar-refractivity contribution in [2.75, 3.05) is 5.32 Å². The first-order valence-electron chi connectivity index (χ1n) is 11.0. The maximum absolute atomic E-state index is 13.9. The molecule has 0 saturated carbocycles. The van der Waals surface area contributed by atoms with Crippen LogP contribution in [0, 0.1) is 5.82 Å². The molecule has 1 aliphatic rings. The van der Waals surface area contributed by atoms with E-state index in [9.17, 15) is 4.39 Å². The van der Waals surface area contributed by atoms with E-state index in [4.69, 9.17) is 10.7 Å². The summed E-state index contributed by atoms with van der Waals surface area (Å²) < 4.78 is 15.5. The Morgan fingerprint density at radius 3 is 2.80 bits per heavy atom. The fourth-order valence-electron chi connectivity index (χ4n) is 4.65. The lowest BCUT2D eigenvalue weighted by Gasteiger charge is -2.24. The molecule has 182 valence electrons. The van der Waals surface area contributed by atoms with Crippen LogP contribution in [0.5, 0.6) is 0 Å². The molecule has 0 saturated heterocycles. The molecule has 6 rings (SSSR count). The van der Waals surface area contributed by atoms with Crippen molar-refractivity contribution < 1.29 is 4.39 Å². The number of aromatic amines is 1. The van der Waals surface area contributed by atoms with E-state index >= 15 is 0 Å². The number of pyridine rings is 1. The van der Waals surface area contributed by atoms with Crippen LogP contribution in [0.1, 0.15) is 36.2 Å². The van der Waals surface area contributed by atoms with Crippen LogP contribution in [0.15, 0.2) is 48.9 Å². The first-order chi connectivity index (χ1) is 16.1. The fourth-order valence-corrected chi connectivity index (χ4v) is 4.65. The van der Waals surface area contributed by atoms with Crippen molar-refractivity contribution in [2.24, 2.45) is 5.73 Å². The van der Waals surface area contributed by atoms with Gasteiger partial charge in [-0.3, -0.25) is 4.98 Å². The number of nitrogens with one attached hydrogen (secondary N) is 2. The number of H-pyrrole nitrogens is 1. The normalized spacial score (nSPS) is 15.8. The van der Waals surface area contributed by atoms with Crippen LogP contribution in [-0.2, 0) is 12.8 Å². The third kappa shape index (κ3) is 4.46. The molecule has 0 bridgehead atoms. The topological polar surface area (TPSA) is 110 Å². The van der Waals surface area contributed by atoms with Crippen LogP contribution in [0.3, 0.4) is 0 Å². The monoisotopic (exact) mass is 510 g/mol. The Kier molecular flexibility index (Phi) is 7.02. The highest BCUT2D eigenvalue weighted by Gasteiger charge is 2.24. The maximum atomic E-state index is 13.9. The molecule has 4 N–H and O–H groups in total. The molecule has 2 atom stereocenters.